The van der Waals surface area contributed by atoms with Gasteiger partial charge >= 0.3 is 5.97 Å². The first-order chi connectivity index (χ1) is 13.6. The number of carbonyl (C=O) groups is 1. The van der Waals surface area contributed by atoms with Crippen molar-refractivity contribution in [1.82, 2.24) is 0 Å². The highest BCUT2D eigenvalue weighted by molar-refractivity contribution is 5.90. The quantitative estimate of drug-likeness (QED) is 0.313. The molecule has 0 aliphatic carbocycles. The molecule has 0 aliphatic rings. The van der Waals surface area contributed by atoms with Crippen molar-refractivity contribution in [3.63, 3.8) is 0 Å². The Balaban J connectivity index is 1.88. The highest BCUT2D eigenvalue weighted by Gasteiger charge is 2.12. The third-order valence-corrected chi connectivity index (χ3v) is 4.74. The van der Waals surface area contributed by atoms with Gasteiger partial charge in [-0.1, -0.05) is 69.5 Å². The van der Waals surface area contributed by atoms with Gasteiger partial charge in [0.15, 0.2) is 0 Å². The molecule has 28 heavy (non-hydrogen) atoms. The molecule has 1 unspecified atom stereocenters. The second kappa shape index (κ2) is 12.4. The maximum atomic E-state index is 12.2. The van der Waals surface area contributed by atoms with Crippen molar-refractivity contribution in [2.75, 3.05) is 13.2 Å². The standard InChI is InChI=1S/C25H34O3/c1-4-6-7-8-9-21-10-12-22(13-11-21)23-14-16-24(17-15-23)25(26)28-20(3)19-27-18-5-2/h10-17,20H,4-9,18-19H2,1-3H3. The number of carbonyl (C=O) groups excluding carboxylic acids is 1. The smallest absolute Gasteiger partial charge is 0.338 e. The van der Waals surface area contributed by atoms with E-state index in [1.807, 2.05) is 31.2 Å². The number of esters is 1. The number of rotatable bonds is 12. The molecule has 0 saturated heterocycles. The van der Waals surface area contributed by atoms with Crippen LogP contribution in [-0.4, -0.2) is 25.3 Å². The van der Waals surface area contributed by atoms with Gasteiger partial charge in [0.2, 0.25) is 0 Å². The van der Waals surface area contributed by atoms with E-state index < -0.39 is 0 Å². The molecular formula is C25H34O3. The first-order valence-corrected chi connectivity index (χ1v) is 10.6. The van der Waals surface area contributed by atoms with Crippen LogP contribution in [0.4, 0.5) is 0 Å². The van der Waals surface area contributed by atoms with Gasteiger partial charge in [-0.2, -0.15) is 0 Å². The molecule has 0 bridgehead atoms. The highest BCUT2D eigenvalue weighted by atomic mass is 16.6. The summed E-state index contributed by atoms with van der Waals surface area (Å²) >= 11 is 0. The molecule has 3 heteroatoms. The molecule has 2 aromatic rings. The summed E-state index contributed by atoms with van der Waals surface area (Å²) < 4.78 is 10.9. The van der Waals surface area contributed by atoms with Crippen molar-refractivity contribution in [2.24, 2.45) is 0 Å². The van der Waals surface area contributed by atoms with Gasteiger partial charge < -0.3 is 9.47 Å². The maximum Gasteiger partial charge on any atom is 0.338 e. The molecule has 0 radical (unpaired) electrons. The predicted molar refractivity (Wildman–Crippen MR) is 116 cm³/mol. The number of hydrogen-bond donors (Lipinski definition) is 0. The summed E-state index contributed by atoms with van der Waals surface area (Å²) in [6.07, 6.45) is 7.01. The normalized spacial score (nSPS) is 12.0. The van der Waals surface area contributed by atoms with E-state index in [1.54, 1.807) is 0 Å². The fourth-order valence-corrected chi connectivity index (χ4v) is 3.10. The second-order valence-electron chi connectivity index (χ2n) is 7.38. The van der Waals surface area contributed by atoms with Gasteiger partial charge in [0.25, 0.3) is 0 Å². The third-order valence-electron chi connectivity index (χ3n) is 4.74. The van der Waals surface area contributed by atoms with Crippen LogP contribution in [0.5, 0.6) is 0 Å². The Bertz CT molecular complexity index is 689. The average Bonchev–Trinajstić information content (AvgIpc) is 2.72. The molecule has 2 aromatic carbocycles. The van der Waals surface area contributed by atoms with Gasteiger partial charge in [-0.15, -0.1) is 0 Å². The Kier molecular flexibility index (Phi) is 9.78. The van der Waals surface area contributed by atoms with Crippen LogP contribution >= 0.6 is 0 Å². The molecule has 0 aliphatic heterocycles. The lowest BCUT2D eigenvalue weighted by molar-refractivity contribution is 0.00226. The van der Waals surface area contributed by atoms with Gasteiger partial charge in [-0.3, -0.25) is 0 Å². The SMILES string of the molecule is CCCCCCc1ccc(-c2ccc(C(=O)OC(C)COCCC)cc2)cc1. The Labute approximate surface area is 170 Å². The van der Waals surface area contributed by atoms with E-state index in [0.717, 1.165) is 18.4 Å². The zero-order chi connectivity index (χ0) is 20.2. The van der Waals surface area contributed by atoms with Crippen LogP contribution in [-0.2, 0) is 15.9 Å². The molecule has 0 spiro atoms. The Hall–Kier alpha value is -2.13. The molecule has 3 nitrogen and oxygen atoms in total. The van der Waals surface area contributed by atoms with Crippen molar-refractivity contribution in [3.05, 3.63) is 59.7 Å². The van der Waals surface area contributed by atoms with Crippen molar-refractivity contribution >= 4 is 5.97 Å². The number of unbranched alkanes of at least 4 members (excludes halogenated alkanes) is 3. The predicted octanol–water partition coefficient (Wildman–Crippen LogP) is 6.45. The zero-order valence-corrected chi connectivity index (χ0v) is 17.6. The van der Waals surface area contributed by atoms with E-state index >= 15 is 0 Å². The van der Waals surface area contributed by atoms with E-state index in [-0.39, 0.29) is 12.1 Å². The van der Waals surface area contributed by atoms with E-state index in [2.05, 4.69) is 38.1 Å². The maximum absolute atomic E-state index is 12.2. The summed E-state index contributed by atoms with van der Waals surface area (Å²) in [5, 5.41) is 0. The van der Waals surface area contributed by atoms with Crippen LogP contribution < -0.4 is 0 Å². The zero-order valence-electron chi connectivity index (χ0n) is 17.6. The summed E-state index contributed by atoms with van der Waals surface area (Å²) in [4.78, 5) is 12.2. The first-order valence-electron chi connectivity index (χ1n) is 10.6. The lowest BCUT2D eigenvalue weighted by Crippen LogP contribution is -2.20. The summed E-state index contributed by atoms with van der Waals surface area (Å²) in [7, 11) is 0. The third kappa shape index (κ3) is 7.47. The van der Waals surface area contributed by atoms with Crippen LogP contribution in [0.15, 0.2) is 48.5 Å². The molecule has 0 saturated carbocycles. The second-order valence-corrected chi connectivity index (χ2v) is 7.38. The number of hydrogen-bond acceptors (Lipinski definition) is 3. The fraction of sp³-hybridized carbons (Fsp3) is 0.480. The lowest BCUT2D eigenvalue weighted by Gasteiger charge is -2.13. The molecule has 0 amide bonds. The highest BCUT2D eigenvalue weighted by Crippen LogP contribution is 2.21. The monoisotopic (exact) mass is 382 g/mol. The lowest BCUT2D eigenvalue weighted by atomic mass is 10.0. The Morgan fingerprint density at radius 3 is 2.11 bits per heavy atom. The van der Waals surface area contributed by atoms with E-state index in [9.17, 15) is 4.79 Å². The fourth-order valence-electron chi connectivity index (χ4n) is 3.10. The van der Waals surface area contributed by atoms with E-state index in [4.69, 9.17) is 9.47 Å². The molecule has 0 N–H and O–H groups in total. The van der Waals surface area contributed by atoms with Gasteiger partial charge in [0, 0.05) is 6.61 Å². The molecule has 0 heterocycles. The molecule has 152 valence electrons. The summed E-state index contributed by atoms with van der Waals surface area (Å²) in [5.41, 5.74) is 4.23. The van der Waals surface area contributed by atoms with Crippen LogP contribution in [0.3, 0.4) is 0 Å². The molecule has 2 rings (SSSR count). The van der Waals surface area contributed by atoms with Crippen molar-refractivity contribution < 1.29 is 14.3 Å². The van der Waals surface area contributed by atoms with Crippen LogP contribution in [0.2, 0.25) is 0 Å². The van der Waals surface area contributed by atoms with Gasteiger partial charge in [0.05, 0.1) is 12.2 Å². The minimum Gasteiger partial charge on any atom is -0.457 e. The van der Waals surface area contributed by atoms with Crippen molar-refractivity contribution in [3.8, 4) is 11.1 Å². The van der Waals surface area contributed by atoms with Crippen LogP contribution in [0, 0.1) is 0 Å². The minimum absolute atomic E-state index is 0.247. The molecular weight excluding hydrogens is 348 g/mol. The Morgan fingerprint density at radius 2 is 1.50 bits per heavy atom. The molecule has 0 aromatic heterocycles. The van der Waals surface area contributed by atoms with Crippen molar-refractivity contribution in [2.45, 2.75) is 65.4 Å². The first kappa shape index (κ1) is 22.2. The van der Waals surface area contributed by atoms with E-state index in [1.165, 1.54) is 36.8 Å². The minimum atomic E-state index is -0.304. The van der Waals surface area contributed by atoms with Gasteiger partial charge in [-0.05, 0) is 55.0 Å². The average molecular weight is 383 g/mol. The number of aryl methyl sites for hydroxylation is 1. The molecule has 1 atom stereocenters. The van der Waals surface area contributed by atoms with Gasteiger partial charge in [-0.25, -0.2) is 4.79 Å². The van der Waals surface area contributed by atoms with Crippen LogP contribution in [0.1, 0.15) is 68.8 Å². The molecule has 0 fully saturated rings. The number of benzene rings is 2. The number of ether oxygens (including phenoxy) is 2. The largest absolute Gasteiger partial charge is 0.457 e. The summed E-state index contributed by atoms with van der Waals surface area (Å²) in [6, 6.07) is 16.4. The topological polar surface area (TPSA) is 35.5 Å². The van der Waals surface area contributed by atoms with Crippen molar-refractivity contribution in [1.29, 1.82) is 0 Å². The van der Waals surface area contributed by atoms with Gasteiger partial charge in [0.1, 0.15) is 6.10 Å². The Morgan fingerprint density at radius 1 is 0.857 bits per heavy atom. The van der Waals surface area contributed by atoms with Crippen LogP contribution in [0.25, 0.3) is 11.1 Å². The summed E-state index contributed by atoms with van der Waals surface area (Å²) in [6.45, 7) is 7.27. The summed E-state index contributed by atoms with van der Waals surface area (Å²) in [5.74, 6) is -0.304. The van der Waals surface area contributed by atoms with E-state index in [0.29, 0.717) is 18.8 Å².